The summed E-state index contributed by atoms with van der Waals surface area (Å²) in [6, 6.07) is 7.15. The lowest BCUT2D eigenvalue weighted by Gasteiger charge is -2.11. The normalized spacial score (nSPS) is 10.4. The summed E-state index contributed by atoms with van der Waals surface area (Å²) in [5.74, 6) is 1.50. The number of ether oxygens (including phenoxy) is 2. The number of benzene rings is 1. The van der Waals surface area contributed by atoms with Crippen LogP contribution in [0.15, 0.2) is 24.3 Å². The van der Waals surface area contributed by atoms with Crippen molar-refractivity contribution in [2.45, 2.75) is 20.8 Å². The lowest BCUT2D eigenvalue weighted by atomic mass is 10.1. The second-order valence-electron chi connectivity index (χ2n) is 4.45. The average Bonchev–Trinajstić information content (AvgIpc) is 2.40. The van der Waals surface area contributed by atoms with Gasteiger partial charge in [0.2, 0.25) is 11.8 Å². The minimum atomic E-state index is 0.382. The van der Waals surface area contributed by atoms with Crippen LogP contribution in [0.4, 0.5) is 5.69 Å². The van der Waals surface area contributed by atoms with Gasteiger partial charge in [0.05, 0.1) is 12.3 Å². The van der Waals surface area contributed by atoms with E-state index >= 15 is 0 Å². The molecule has 1 aromatic heterocycles. The highest BCUT2D eigenvalue weighted by molar-refractivity contribution is 6.32. The van der Waals surface area contributed by atoms with Crippen molar-refractivity contribution in [3.05, 3.63) is 40.4 Å². The van der Waals surface area contributed by atoms with Crippen LogP contribution in [-0.2, 0) is 0 Å². The number of nitrogens with two attached hydrogens (primary N) is 1. The van der Waals surface area contributed by atoms with Crippen molar-refractivity contribution in [1.29, 1.82) is 0 Å². The first-order chi connectivity index (χ1) is 9.51. The zero-order valence-electron chi connectivity index (χ0n) is 11.7. The first-order valence-electron chi connectivity index (χ1n) is 6.35. The van der Waals surface area contributed by atoms with E-state index in [1.165, 1.54) is 0 Å². The van der Waals surface area contributed by atoms with Gasteiger partial charge in [0.25, 0.3) is 0 Å². The number of halogens is 1. The van der Waals surface area contributed by atoms with E-state index in [-0.39, 0.29) is 0 Å². The van der Waals surface area contributed by atoms with Crippen molar-refractivity contribution >= 4 is 17.3 Å². The topological polar surface area (TPSA) is 57.4 Å². The van der Waals surface area contributed by atoms with Crippen molar-refractivity contribution in [3.8, 4) is 17.5 Å². The zero-order chi connectivity index (χ0) is 14.7. The Kier molecular flexibility index (Phi) is 4.35. The van der Waals surface area contributed by atoms with Gasteiger partial charge in [0.15, 0.2) is 0 Å². The first-order valence-corrected chi connectivity index (χ1v) is 6.73. The molecular formula is C15H17ClN2O2. The summed E-state index contributed by atoms with van der Waals surface area (Å²) in [7, 11) is 0. The van der Waals surface area contributed by atoms with Crippen molar-refractivity contribution in [1.82, 2.24) is 4.98 Å². The number of rotatable bonds is 4. The van der Waals surface area contributed by atoms with Gasteiger partial charge >= 0.3 is 0 Å². The van der Waals surface area contributed by atoms with Crippen LogP contribution in [0.5, 0.6) is 17.5 Å². The maximum absolute atomic E-state index is 6.13. The van der Waals surface area contributed by atoms with Crippen molar-refractivity contribution < 1.29 is 9.47 Å². The van der Waals surface area contributed by atoms with E-state index in [1.807, 2.05) is 32.9 Å². The Hall–Kier alpha value is -1.94. The third-order valence-electron chi connectivity index (χ3n) is 2.78. The molecule has 0 aliphatic rings. The molecular weight excluding hydrogens is 276 g/mol. The van der Waals surface area contributed by atoms with E-state index in [0.29, 0.717) is 29.8 Å². The summed E-state index contributed by atoms with van der Waals surface area (Å²) in [5, 5.41) is 0.748. The molecule has 2 aromatic rings. The molecule has 1 heterocycles. The SMILES string of the molecule is CCOc1nc(Oc2cc(C)c(Cl)c(C)c2)ccc1N. The molecule has 20 heavy (non-hydrogen) atoms. The Bertz CT molecular complexity index is 606. The number of hydrogen-bond donors (Lipinski definition) is 1. The minimum absolute atomic E-state index is 0.382. The molecule has 5 heteroatoms. The van der Waals surface area contributed by atoms with Crippen LogP contribution in [0.1, 0.15) is 18.1 Å². The summed E-state index contributed by atoms with van der Waals surface area (Å²) in [6.45, 7) is 6.24. The molecule has 0 spiro atoms. The first kappa shape index (κ1) is 14.5. The number of nitrogen functional groups attached to an aromatic ring is 1. The van der Waals surface area contributed by atoms with E-state index in [4.69, 9.17) is 26.8 Å². The van der Waals surface area contributed by atoms with Crippen molar-refractivity contribution in [2.24, 2.45) is 0 Å². The lowest BCUT2D eigenvalue weighted by Crippen LogP contribution is -2.00. The molecule has 1 aromatic carbocycles. The molecule has 4 nitrogen and oxygen atoms in total. The number of hydrogen-bond acceptors (Lipinski definition) is 4. The van der Waals surface area contributed by atoms with E-state index in [9.17, 15) is 0 Å². The molecule has 0 fully saturated rings. The molecule has 0 radical (unpaired) electrons. The van der Waals surface area contributed by atoms with Gasteiger partial charge in [-0.25, -0.2) is 0 Å². The second-order valence-corrected chi connectivity index (χ2v) is 4.83. The monoisotopic (exact) mass is 292 g/mol. The zero-order valence-corrected chi connectivity index (χ0v) is 12.5. The van der Waals surface area contributed by atoms with Crippen LogP contribution < -0.4 is 15.2 Å². The molecule has 0 saturated carbocycles. The van der Waals surface area contributed by atoms with Crippen molar-refractivity contribution in [2.75, 3.05) is 12.3 Å². The van der Waals surface area contributed by atoms with Crippen LogP contribution in [0.25, 0.3) is 0 Å². The third kappa shape index (κ3) is 3.14. The van der Waals surface area contributed by atoms with Gasteiger partial charge in [-0.2, -0.15) is 4.98 Å². The standard InChI is InChI=1S/C15H17ClN2O2/c1-4-19-15-12(17)5-6-13(18-15)20-11-7-9(2)14(16)10(3)8-11/h5-8H,4,17H2,1-3H3. The quantitative estimate of drug-likeness (QED) is 0.920. The fourth-order valence-corrected chi connectivity index (χ4v) is 1.94. The highest BCUT2D eigenvalue weighted by Crippen LogP contribution is 2.30. The van der Waals surface area contributed by atoms with Crippen LogP contribution >= 0.6 is 11.6 Å². The number of anilines is 1. The third-order valence-corrected chi connectivity index (χ3v) is 3.37. The molecule has 0 amide bonds. The second kappa shape index (κ2) is 6.01. The molecule has 0 atom stereocenters. The van der Waals surface area contributed by atoms with Gasteiger partial charge in [-0.3, -0.25) is 0 Å². The summed E-state index contributed by atoms with van der Waals surface area (Å²) < 4.78 is 11.1. The Morgan fingerprint density at radius 2 is 1.85 bits per heavy atom. The Labute approximate surface area is 123 Å². The molecule has 0 saturated heterocycles. The Morgan fingerprint density at radius 3 is 2.45 bits per heavy atom. The largest absolute Gasteiger partial charge is 0.476 e. The molecule has 0 aliphatic heterocycles. The number of nitrogens with zero attached hydrogens (tertiary/aromatic N) is 1. The van der Waals surface area contributed by atoms with Crippen LogP contribution in [-0.4, -0.2) is 11.6 Å². The highest BCUT2D eigenvalue weighted by atomic mass is 35.5. The summed E-state index contributed by atoms with van der Waals surface area (Å²) in [4.78, 5) is 4.24. The predicted molar refractivity (Wildman–Crippen MR) is 80.8 cm³/mol. The van der Waals surface area contributed by atoms with Gasteiger partial charge in [0, 0.05) is 11.1 Å². The Balaban J connectivity index is 2.28. The highest BCUT2D eigenvalue weighted by Gasteiger charge is 2.08. The van der Waals surface area contributed by atoms with E-state index in [2.05, 4.69) is 4.98 Å². The number of aromatic nitrogens is 1. The summed E-state index contributed by atoms with van der Waals surface area (Å²) in [5.41, 5.74) is 8.19. The average molecular weight is 293 g/mol. The number of pyridine rings is 1. The van der Waals surface area contributed by atoms with Gasteiger partial charge in [0.1, 0.15) is 5.75 Å². The summed E-state index contributed by atoms with van der Waals surface area (Å²) in [6.07, 6.45) is 0. The minimum Gasteiger partial charge on any atom is -0.476 e. The molecule has 0 bridgehead atoms. The van der Waals surface area contributed by atoms with E-state index in [1.54, 1.807) is 12.1 Å². The van der Waals surface area contributed by atoms with Crippen LogP contribution in [0.3, 0.4) is 0 Å². The van der Waals surface area contributed by atoms with Crippen LogP contribution in [0.2, 0.25) is 5.02 Å². The molecule has 106 valence electrons. The Morgan fingerprint density at radius 1 is 1.20 bits per heavy atom. The molecule has 0 aliphatic carbocycles. The lowest BCUT2D eigenvalue weighted by molar-refractivity contribution is 0.323. The van der Waals surface area contributed by atoms with Gasteiger partial charge in [-0.05, 0) is 50.1 Å². The maximum atomic E-state index is 6.13. The molecule has 2 rings (SSSR count). The fourth-order valence-electron chi connectivity index (χ4n) is 1.83. The van der Waals surface area contributed by atoms with Crippen LogP contribution in [0, 0.1) is 13.8 Å². The van der Waals surface area contributed by atoms with Crippen molar-refractivity contribution in [3.63, 3.8) is 0 Å². The fraction of sp³-hybridized carbons (Fsp3) is 0.267. The number of aryl methyl sites for hydroxylation is 2. The van der Waals surface area contributed by atoms with Gasteiger partial charge < -0.3 is 15.2 Å². The smallest absolute Gasteiger partial charge is 0.240 e. The molecule has 0 unspecified atom stereocenters. The summed E-state index contributed by atoms with van der Waals surface area (Å²) >= 11 is 6.13. The van der Waals surface area contributed by atoms with Gasteiger partial charge in [-0.15, -0.1) is 0 Å². The maximum Gasteiger partial charge on any atom is 0.240 e. The van der Waals surface area contributed by atoms with E-state index in [0.717, 1.165) is 16.1 Å². The van der Waals surface area contributed by atoms with E-state index < -0.39 is 0 Å². The predicted octanol–water partition coefficient (Wildman–Crippen LogP) is 4.13. The van der Waals surface area contributed by atoms with Gasteiger partial charge in [-0.1, -0.05) is 11.6 Å². The molecule has 2 N–H and O–H groups in total.